The highest BCUT2D eigenvalue weighted by Crippen LogP contribution is 2.16. The highest BCUT2D eigenvalue weighted by molar-refractivity contribution is 5.84. The van der Waals surface area contributed by atoms with E-state index in [9.17, 15) is 18.4 Å². The third-order valence-corrected chi connectivity index (χ3v) is 3.96. The van der Waals surface area contributed by atoms with Crippen LogP contribution >= 0.6 is 0 Å². The summed E-state index contributed by atoms with van der Waals surface area (Å²) in [7, 11) is 0. The predicted molar refractivity (Wildman–Crippen MR) is 101 cm³/mol. The molecule has 2 N–H and O–H groups in total. The van der Waals surface area contributed by atoms with E-state index in [4.69, 9.17) is 9.26 Å². The molecule has 0 bridgehead atoms. The van der Waals surface area contributed by atoms with E-state index in [0.717, 1.165) is 0 Å². The van der Waals surface area contributed by atoms with Gasteiger partial charge in [0.1, 0.15) is 17.4 Å². The van der Waals surface area contributed by atoms with Crippen molar-refractivity contribution in [2.24, 2.45) is 0 Å². The van der Waals surface area contributed by atoms with Crippen LogP contribution in [-0.4, -0.2) is 28.1 Å². The van der Waals surface area contributed by atoms with Crippen LogP contribution in [0.15, 0.2) is 53.1 Å². The maximum absolute atomic E-state index is 13.0. The zero-order valence-electron chi connectivity index (χ0n) is 15.9. The zero-order chi connectivity index (χ0) is 21.5. The molecule has 3 aromatic rings. The van der Waals surface area contributed by atoms with Gasteiger partial charge in [-0.1, -0.05) is 5.16 Å². The van der Waals surface area contributed by atoms with Gasteiger partial charge in [-0.3, -0.25) is 20.4 Å². The molecule has 0 saturated carbocycles. The van der Waals surface area contributed by atoms with Gasteiger partial charge in [0.15, 0.2) is 6.10 Å². The molecule has 0 saturated heterocycles. The third kappa shape index (κ3) is 5.84. The first-order chi connectivity index (χ1) is 14.4. The molecule has 8 nitrogen and oxygen atoms in total. The summed E-state index contributed by atoms with van der Waals surface area (Å²) in [5.74, 6) is -1.02. The van der Waals surface area contributed by atoms with E-state index in [2.05, 4.69) is 21.0 Å². The normalized spacial score (nSPS) is 11.6. The molecule has 2 amide bonds. The van der Waals surface area contributed by atoms with Crippen molar-refractivity contribution in [2.75, 3.05) is 0 Å². The Morgan fingerprint density at radius 2 is 1.67 bits per heavy atom. The quantitative estimate of drug-likeness (QED) is 0.574. The van der Waals surface area contributed by atoms with Crippen molar-refractivity contribution < 1.29 is 27.6 Å². The SMILES string of the molecule is C[C@@H](Oc1ccc(F)cc1)C(=O)NNC(=O)CCc1nc(-c2ccc(F)cc2)no1. The molecule has 0 spiro atoms. The van der Waals surface area contributed by atoms with Crippen LogP contribution in [-0.2, 0) is 16.0 Å². The highest BCUT2D eigenvalue weighted by atomic mass is 19.1. The number of hydrogen-bond acceptors (Lipinski definition) is 6. The number of carbonyl (C=O) groups is 2. The van der Waals surface area contributed by atoms with Crippen molar-refractivity contribution in [1.29, 1.82) is 0 Å². The molecule has 1 aromatic heterocycles. The van der Waals surface area contributed by atoms with Gasteiger partial charge in [0.05, 0.1) is 0 Å². The Bertz CT molecular complexity index is 1010. The number of carbonyl (C=O) groups excluding carboxylic acids is 2. The molecule has 0 fully saturated rings. The number of amides is 2. The number of aromatic nitrogens is 2. The Morgan fingerprint density at radius 1 is 1.03 bits per heavy atom. The number of nitrogens with one attached hydrogen (secondary N) is 2. The molecule has 1 heterocycles. The third-order valence-electron chi connectivity index (χ3n) is 3.96. The Labute approximate surface area is 170 Å². The maximum Gasteiger partial charge on any atom is 0.279 e. The van der Waals surface area contributed by atoms with Crippen LogP contribution in [0.5, 0.6) is 5.75 Å². The lowest BCUT2D eigenvalue weighted by Crippen LogP contribution is -2.47. The van der Waals surface area contributed by atoms with E-state index in [-0.39, 0.29) is 30.4 Å². The molecule has 0 aliphatic carbocycles. The number of halogens is 2. The van der Waals surface area contributed by atoms with Gasteiger partial charge in [-0.25, -0.2) is 8.78 Å². The highest BCUT2D eigenvalue weighted by Gasteiger charge is 2.16. The number of benzene rings is 2. The number of hydrazine groups is 1. The lowest BCUT2D eigenvalue weighted by Gasteiger charge is -2.15. The van der Waals surface area contributed by atoms with Crippen LogP contribution in [0.4, 0.5) is 8.78 Å². The monoisotopic (exact) mass is 416 g/mol. The van der Waals surface area contributed by atoms with E-state index < -0.39 is 23.7 Å². The topological polar surface area (TPSA) is 106 Å². The fraction of sp³-hybridized carbons (Fsp3) is 0.200. The minimum atomic E-state index is -0.912. The summed E-state index contributed by atoms with van der Waals surface area (Å²) in [6, 6.07) is 10.8. The van der Waals surface area contributed by atoms with Crippen molar-refractivity contribution >= 4 is 11.8 Å². The molecule has 0 unspecified atom stereocenters. The van der Waals surface area contributed by atoms with Crippen molar-refractivity contribution in [3.8, 4) is 17.1 Å². The lowest BCUT2D eigenvalue weighted by atomic mass is 10.2. The molecular weight excluding hydrogens is 398 g/mol. The summed E-state index contributed by atoms with van der Waals surface area (Å²) < 4.78 is 36.3. The van der Waals surface area contributed by atoms with Crippen LogP contribution in [0.3, 0.4) is 0 Å². The second-order valence-corrected chi connectivity index (χ2v) is 6.27. The Kier molecular flexibility index (Phi) is 6.68. The van der Waals surface area contributed by atoms with Gasteiger partial charge < -0.3 is 9.26 Å². The summed E-state index contributed by atoms with van der Waals surface area (Å²) in [5.41, 5.74) is 5.09. The number of rotatable bonds is 7. The molecule has 30 heavy (non-hydrogen) atoms. The van der Waals surface area contributed by atoms with Crippen molar-refractivity contribution in [3.05, 3.63) is 66.1 Å². The molecule has 156 valence electrons. The van der Waals surface area contributed by atoms with E-state index in [0.29, 0.717) is 11.3 Å². The summed E-state index contributed by atoms with van der Waals surface area (Å²) in [4.78, 5) is 28.0. The van der Waals surface area contributed by atoms with E-state index >= 15 is 0 Å². The largest absolute Gasteiger partial charge is 0.481 e. The van der Waals surface area contributed by atoms with E-state index in [1.807, 2.05) is 0 Å². The molecule has 0 radical (unpaired) electrons. The molecule has 0 aliphatic rings. The minimum absolute atomic E-state index is 0.0153. The van der Waals surface area contributed by atoms with Crippen LogP contribution < -0.4 is 15.6 Å². The number of nitrogens with zero attached hydrogens (tertiary/aromatic N) is 2. The molecule has 0 aliphatic heterocycles. The number of ether oxygens (including phenoxy) is 1. The summed E-state index contributed by atoms with van der Waals surface area (Å²) in [5, 5.41) is 3.79. The lowest BCUT2D eigenvalue weighted by molar-refractivity contribution is -0.132. The number of aryl methyl sites for hydroxylation is 1. The fourth-order valence-electron chi connectivity index (χ4n) is 2.36. The van der Waals surface area contributed by atoms with Crippen molar-refractivity contribution in [2.45, 2.75) is 25.9 Å². The van der Waals surface area contributed by atoms with E-state index in [1.165, 1.54) is 55.5 Å². The second-order valence-electron chi connectivity index (χ2n) is 6.27. The minimum Gasteiger partial charge on any atom is -0.481 e. The smallest absolute Gasteiger partial charge is 0.279 e. The molecule has 3 rings (SSSR count). The van der Waals surface area contributed by atoms with Gasteiger partial charge in [0, 0.05) is 18.4 Å². The van der Waals surface area contributed by atoms with Crippen molar-refractivity contribution in [3.63, 3.8) is 0 Å². The van der Waals surface area contributed by atoms with Gasteiger partial charge >= 0.3 is 0 Å². The van der Waals surface area contributed by atoms with Crippen molar-refractivity contribution in [1.82, 2.24) is 21.0 Å². The standard InChI is InChI=1S/C20H18F2N4O4/c1-12(29-16-8-6-15(22)7-9-16)20(28)25-24-17(27)10-11-18-23-19(26-30-18)13-2-4-14(21)5-3-13/h2-9,12H,10-11H2,1H3,(H,24,27)(H,25,28)/t12-/m1/s1. The summed E-state index contributed by atoms with van der Waals surface area (Å²) in [6.45, 7) is 1.49. The molecule has 10 heteroatoms. The zero-order valence-corrected chi connectivity index (χ0v) is 15.9. The van der Waals surface area contributed by atoms with Gasteiger partial charge in [-0.2, -0.15) is 4.98 Å². The number of hydrogen-bond donors (Lipinski definition) is 2. The second kappa shape index (κ2) is 9.59. The average molecular weight is 416 g/mol. The van der Waals surface area contributed by atoms with Crippen LogP contribution in [0, 0.1) is 11.6 Å². The van der Waals surface area contributed by atoms with Crippen LogP contribution in [0.25, 0.3) is 11.4 Å². The van der Waals surface area contributed by atoms with Gasteiger partial charge in [0.2, 0.25) is 17.6 Å². The maximum atomic E-state index is 13.0. The molecule has 2 aromatic carbocycles. The van der Waals surface area contributed by atoms with Gasteiger partial charge in [-0.15, -0.1) is 0 Å². The predicted octanol–water partition coefficient (Wildman–Crippen LogP) is 2.56. The van der Waals surface area contributed by atoms with Crippen LogP contribution in [0.1, 0.15) is 19.2 Å². The summed E-state index contributed by atoms with van der Waals surface area (Å²) >= 11 is 0. The van der Waals surface area contributed by atoms with E-state index in [1.54, 1.807) is 0 Å². The van der Waals surface area contributed by atoms with Gasteiger partial charge in [-0.05, 0) is 55.5 Å². The first-order valence-corrected chi connectivity index (χ1v) is 9.00. The Balaban J connectivity index is 1.42. The average Bonchev–Trinajstić information content (AvgIpc) is 3.21. The first-order valence-electron chi connectivity index (χ1n) is 9.00. The van der Waals surface area contributed by atoms with Gasteiger partial charge in [0.25, 0.3) is 5.91 Å². The Hall–Kier alpha value is -3.82. The Morgan fingerprint density at radius 3 is 2.33 bits per heavy atom. The molecular formula is C20H18F2N4O4. The van der Waals surface area contributed by atoms with Crippen LogP contribution in [0.2, 0.25) is 0 Å². The summed E-state index contributed by atoms with van der Waals surface area (Å²) in [6.07, 6.45) is -0.777. The first kappa shape index (κ1) is 20.9. The molecule has 1 atom stereocenters. The fourth-order valence-corrected chi connectivity index (χ4v) is 2.36.